The smallest absolute Gasteiger partial charge is 0.189 e. The third-order valence-electron chi connectivity index (χ3n) is 3.30. The van der Waals surface area contributed by atoms with Crippen LogP contribution in [0.1, 0.15) is 11.4 Å². The van der Waals surface area contributed by atoms with Crippen molar-refractivity contribution < 1.29 is 9.47 Å². The molecule has 3 aromatic rings. The molecule has 0 fully saturated rings. The second kappa shape index (κ2) is 6.62. The normalized spacial score (nSPS) is 10.1. The van der Waals surface area contributed by atoms with E-state index in [4.69, 9.17) is 9.47 Å². The van der Waals surface area contributed by atoms with Crippen LogP contribution < -0.4 is 9.47 Å². The Bertz CT molecular complexity index is 837. The molecule has 0 saturated carbocycles. The minimum atomic E-state index is 0.158. The van der Waals surface area contributed by atoms with Crippen LogP contribution in [0.5, 0.6) is 11.5 Å². The fraction of sp³-hybridized carbons (Fsp3) is 0.118. The first-order chi connectivity index (χ1) is 11.3. The maximum Gasteiger partial charge on any atom is 0.189 e. The van der Waals surface area contributed by atoms with Crippen molar-refractivity contribution in [2.45, 2.75) is 6.61 Å². The van der Waals surface area contributed by atoms with Gasteiger partial charge in [-0.15, -0.1) is 5.10 Å². The Hall–Kier alpha value is -3.33. The van der Waals surface area contributed by atoms with Crippen molar-refractivity contribution in [1.82, 2.24) is 15.0 Å². The highest BCUT2D eigenvalue weighted by atomic mass is 16.5. The number of para-hydroxylation sites is 3. The van der Waals surface area contributed by atoms with Gasteiger partial charge in [0.05, 0.1) is 12.8 Å². The lowest BCUT2D eigenvalue weighted by molar-refractivity contribution is 0.277. The SMILES string of the molecule is COc1ccccc1OCc1c(C#N)nnn1-c1ccccc1. The molecular weight excluding hydrogens is 292 g/mol. The number of hydrogen-bond acceptors (Lipinski definition) is 5. The van der Waals surface area contributed by atoms with Gasteiger partial charge in [0.1, 0.15) is 18.4 Å². The molecule has 0 N–H and O–H groups in total. The van der Waals surface area contributed by atoms with Crippen molar-refractivity contribution in [3.63, 3.8) is 0 Å². The lowest BCUT2D eigenvalue weighted by Crippen LogP contribution is -2.07. The van der Waals surface area contributed by atoms with Crippen LogP contribution in [-0.4, -0.2) is 22.1 Å². The van der Waals surface area contributed by atoms with Crippen LogP contribution in [-0.2, 0) is 6.61 Å². The molecule has 6 heteroatoms. The molecule has 0 bridgehead atoms. The average molecular weight is 306 g/mol. The van der Waals surface area contributed by atoms with Gasteiger partial charge >= 0.3 is 0 Å². The van der Waals surface area contributed by atoms with Crippen molar-refractivity contribution in [2.75, 3.05) is 7.11 Å². The first-order valence-corrected chi connectivity index (χ1v) is 6.99. The minimum Gasteiger partial charge on any atom is -0.493 e. The van der Waals surface area contributed by atoms with E-state index in [1.54, 1.807) is 11.8 Å². The summed E-state index contributed by atoms with van der Waals surface area (Å²) in [5.41, 5.74) is 1.65. The highest BCUT2D eigenvalue weighted by molar-refractivity contribution is 5.40. The molecule has 0 amide bonds. The molecule has 0 aliphatic carbocycles. The molecule has 1 aromatic heterocycles. The zero-order valence-corrected chi connectivity index (χ0v) is 12.5. The first-order valence-electron chi connectivity index (χ1n) is 6.99. The standard InChI is InChI=1S/C17H14N4O2/c1-22-16-9-5-6-10-17(16)23-12-15-14(11-18)19-20-21(15)13-7-3-2-4-8-13/h2-10H,12H2,1H3. The van der Waals surface area contributed by atoms with Crippen LogP contribution in [0.25, 0.3) is 5.69 Å². The van der Waals surface area contributed by atoms with Gasteiger partial charge in [-0.2, -0.15) is 5.26 Å². The van der Waals surface area contributed by atoms with E-state index in [0.29, 0.717) is 17.2 Å². The average Bonchev–Trinajstić information content (AvgIpc) is 3.03. The molecule has 0 atom stereocenters. The summed E-state index contributed by atoms with van der Waals surface area (Å²) in [6, 6.07) is 18.9. The third-order valence-corrected chi connectivity index (χ3v) is 3.30. The Morgan fingerprint density at radius 1 is 1.04 bits per heavy atom. The number of ether oxygens (including phenoxy) is 2. The van der Waals surface area contributed by atoms with Gasteiger partial charge in [-0.25, -0.2) is 4.68 Å². The van der Waals surface area contributed by atoms with Gasteiger partial charge in [-0.3, -0.25) is 0 Å². The minimum absolute atomic E-state index is 0.158. The molecule has 114 valence electrons. The highest BCUT2D eigenvalue weighted by Crippen LogP contribution is 2.27. The van der Waals surface area contributed by atoms with E-state index in [9.17, 15) is 5.26 Å². The van der Waals surface area contributed by atoms with E-state index >= 15 is 0 Å². The van der Waals surface area contributed by atoms with Crippen LogP contribution in [0.3, 0.4) is 0 Å². The number of aromatic nitrogens is 3. The second-order valence-electron chi connectivity index (χ2n) is 4.68. The summed E-state index contributed by atoms with van der Waals surface area (Å²) >= 11 is 0. The molecule has 0 spiro atoms. The molecule has 0 unspecified atom stereocenters. The summed E-state index contributed by atoms with van der Waals surface area (Å²) in [6.45, 7) is 0.158. The fourth-order valence-corrected chi connectivity index (χ4v) is 2.18. The summed E-state index contributed by atoms with van der Waals surface area (Å²) in [6.07, 6.45) is 0. The molecule has 3 rings (SSSR count). The van der Waals surface area contributed by atoms with E-state index in [-0.39, 0.29) is 12.3 Å². The largest absolute Gasteiger partial charge is 0.493 e. The van der Waals surface area contributed by atoms with E-state index in [1.807, 2.05) is 60.7 Å². The van der Waals surface area contributed by atoms with Crippen molar-refractivity contribution >= 4 is 0 Å². The molecule has 1 heterocycles. The maximum absolute atomic E-state index is 9.23. The fourth-order valence-electron chi connectivity index (χ4n) is 2.18. The van der Waals surface area contributed by atoms with Gasteiger partial charge in [-0.05, 0) is 24.3 Å². The Morgan fingerprint density at radius 2 is 1.74 bits per heavy atom. The molecule has 0 saturated heterocycles. The van der Waals surface area contributed by atoms with Crippen molar-refractivity contribution in [1.29, 1.82) is 5.26 Å². The number of hydrogen-bond donors (Lipinski definition) is 0. The van der Waals surface area contributed by atoms with E-state index < -0.39 is 0 Å². The summed E-state index contributed by atoms with van der Waals surface area (Å²) < 4.78 is 12.7. The predicted molar refractivity (Wildman–Crippen MR) is 83.4 cm³/mol. The Kier molecular flexibility index (Phi) is 4.20. The van der Waals surface area contributed by atoms with Crippen LogP contribution in [0.2, 0.25) is 0 Å². The topological polar surface area (TPSA) is 73.0 Å². The number of benzene rings is 2. The Balaban J connectivity index is 1.91. The summed E-state index contributed by atoms with van der Waals surface area (Å²) in [4.78, 5) is 0. The molecular formula is C17H14N4O2. The third kappa shape index (κ3) is 2.99. The first kappa shape index (κ1) is 14.6. The van der Waals surface area contributed by atoms with Crippen LogP contribution >= 0.6 is 0 Å². The summed E-state index contributed by atoms with van der Waals surface area (Å²) in [5, 5.41) is 17.2. The van der Waals surface area contributed by atoms with Crippen LogP contribution in [0.15, 0.2) is 54.6 Å². The lowest BCUT2D eigenvalue weighted by Gasteiger charge is -2.11. The molecule has 6 nitrogen and oxygen atoms in total. The number of nitrogens with zero attached hydrogens (tertiary/aromatic N) is 4. The lowest BCUT2D eigenvalue weighted by atomic mass is 10.3. The Labute approximate surface area is 133 Å². The molecule has 0 aliphatic rings. The van der Waals surface area contributed by atoms with Gasteiger partial charge in [0.2, 0.25) is 0 Å². The van der Waals surface area contributed by atoms with Gasteiger partial charge in [0, 0.05) is 0 Å². The number of rotatable bonds is 5. The van der Waals surface area contributed by atoms with Crippen molar-refractivity contribution in [2.24, 2.45) is 0 Å². The van der Waals surface area contributed by atoms with Gasteiger partial charge in [-0.1, -0.05) is 35.5 Å². The van der Waals surface area contributed by atoms with E-state index in [1.165, 1.54) is 0 Å². The second-order valence-corrected chi connectivity index (χ2v) is 4.68. The summed E-state index contributed by atoms with van der Waals surface area (Å²) in [5.74, 6) is 1.23. The zero-order valence-electron chi connectivity index (χ0n) is 12.5. The number of methoxy groups -OCH3 is 1. The van der Waals surface area contributed by atoms with Gasteiger partial charge in [0.15, 0.2) is 17.2 Å². The number of nitriles is 1. The van der Waals surface area contributed by atoms with Crippen LogP contribution in [0.4, 0.5) is 0 Å². The zero-order chi connectivity index (χ0) is 16.1. The van der Waals surface area contributed by atoms with Crippen molar-refractivity contribution in [3.05, 3.63) is 66.0 Å². The maximum atomic E-state index is 9.23. The van der Waals surface area contributed by atoms with Crippen molar-refractivity contribution in [3.8, 4) is 23.3 Å². The van der Waals surface area contributed by atoms with E-state index in [2.05, 4.69) is 10.3 Å². The Morgan fingerprint density at radius 3 is 2.43 bits per heavy atom. The van der Waals surface area contributed by atoms with E-state index in [0.717, 1.165) is 5.69 Å². The van der Waals surface area contributed by atoms with Crippen LogP contribution in [0, 0.1) is 11.3 Å². The van der Waals surface area contributed by atoms with Gasteiger partial charge < -0.3 is 9.47 Å². The monoisotopic (exact) mass is 306 g/mol. The molecule has 23 heavy (non-hydrogen) atoms. The molecule has 0 aliphatic heterocycles. The summed E-state index contributed by atoms with van der Waals surface area (Å²) in [7, 11) is 1.58. The van der Waals surface area contributed by atoms with Gasteiger partial charge in [0.25, 0.3) is 0 Å². The quantitative estimate of drug-likeness (QED) is 0.724. The molecule has 0 radical (unpaired) electrons. The highest BCUT2D eigenvalue weighted by Gasteiger charge is 2.15. The molecule has 2 aromatic carbocycles. The predicted octanol–water partition coefficient (Wildman–Crippen LogP) is 2.73.